The Morgan fingerprint density at radius 2 is 1.83 bits per heavy atom. The summed E-state index contributed by atoms with van der Waals surface area (Å²) >= 11 is 0. The highest BCUT2D eigenvalue weighted by Gasteiger charge is 2.26. The number of aliphatic hydroxyl groups excluding tert-OH is 1. The highest BCUT2D eigenvalue weighted by atomic mass is 16.3. The molecule has 1 unspecified atom stereocenters. The van der Waals surface area contributed by atoms with Crippen LogP contribution < -0.4 is 15.5 Å². The van der Waals surface area contributed by atoms with Crippen LogP contribution in [0.1, 0.15) is 55.7 Å². The number of nitriles is 1. The second-order valence-electron chi connectivity index (χ2n) is 11.5. The maximum Gasteiger partial charge on any atom is 0.323 e. The van der Waals surface area contributed by atoms with E-state index in [0.717, 1.165) is 48.8 Å². The van der Waals surface area contributed by atoms with Crippen LogP contribution in [0.3, 0.4) is 0 Å². The number of urea groups is 1. The molecule has 0 saturated carbocycles. The number of aromatic nitrogens is 6. The molecule has 4 aromatic heterocycles. The van der Waals surface area contributed by atoms with Crippen molar-refractivity contribution in [3.05, 3.63) is 102 Å². The lowest BCUT2D eigenvalue weighted by Gasteiger charge is -2.31. The number of pyridine rings is 2. The molecule has 0 aliphatic heterocycles. The third kappa shape index (κ3) is 8.77. The summed E-state index contributed by atoms with van der Waals surface area (Å²) in [4.78, 5) is 33.4. The van der Waals surface area contributed by atoms with Gasteiger partial charge < -0.3 is 15.7 Å². The quantitative estimate of drug-likeness (QED) is 0.119. The van der Waals surface area contributed by atoms with Gasteiger partial charge in [0.1, 0.15) is 11.9 Å². The fourth-order valence-corrected chi connectivity index (χ4v) is 5.50. The van der Waals surface area contributed by atoms with Crippen molar-refractivity contribution in [1.29, 1.82) is 5.26 Å². The summed E-state index contributed by atoms with van der Waals surface area (Å²) in [6, 6.07) is 17.4. The van der Waals surface area contributed by atoms with Gasteiger partial charge in [0.15, 0.2) is 0 Å². The van der Waals surface area contributed by atoms with E-state index in [0.29, 0.717) is 47.2 Å². The Morgan fingerprint density at radius 3 is 2.54 bits per heavy atom. The van der Waals surface area contributed by atoms with E-state index >= 15 is 0 Å². The van der Waals surface area contributed by atoms with Crippen LogP contribution in [0.15, 0.2) is 85.7 Å². The van der Waals surface area contributed by atoms with E-state index in [9.17, 15) is 15.2 Å². The summed E-state index contributed by atoms with van der Waals surface area (Å²) in [6.45, 7) is 2.99. The second-order valence-corrected chi connectivity index (χ2v) is 11.5. The lowest BCUT2D eigenvalue weighted by molar-refractivity contribution is 0.242. The van der Waals surface area contributed by atoms with Crippen LogP contribution in [0.2, 0.25) is 0 Å². The average Bonchev–Trinajstić information content (AvgIpc) is 3.57. The van der Waals surface area contributed by atoms with Gasteiger partial charge in [-0.15, -0.1) is 0 Å². The molecule has 12 nitrogen and oxygen atoms in total. The van der Waals surface area contributed by atoms with Gasteiger partial charge in [0.2, 0.25) is 5.95 Å². The Bertz CT molecular complexity index is 1820. The first-order valence-electron chi connectivity index (χ1n) is 16.1. The number of carbonyl (C=O) groups excluding carboxylic acids is 1. The van der Waals surface area contributed by atoms with E-state index in [1.165, 1.54) is 6.20 Å². The van der Waals surface area contributed by atoms with Gasteiger partial charge in [0.05, 0.1) is 30.3 Å². The smallest absolute Gasteiger partial charge is 0.323 e. The van der Waals surface area contributed by atoms with E-state index in [4.69, 9.17) is 4.98 Å². The molecular formula is C36H40N10O2. The lowest BCUT2D eigenvalue weighted by atomic mass is 10.0. The van der Waals surface area contributed by atoms with Crippen LogP contribution >= 0.6 is 0 Å². The molecule has 1 aromatic carbocycles. The van der Waals surface area contributed by atoms with Crippen molar-refractivity contribution in [3.63, 3.8) is 0 Å². The highest BCUT2D eigenvalue weighted by Crippen LogP contribution is 2.26. The molecule has 1 atom stereocenters. The average molecular weight is 645 g/mol. The molecule has 0 bridgehead atoms. The number of rotatable bonds is 15. The van der Waals surface area contributed by atoms with Crippen LogP contribution in [-0.2, 0) is 20.2 Å². The predicted molar refractivity (Wildman–Crippen MR) is 185 cm³/mol. The first-order valence-corrected chi connectivity index (χ1v) is 16.1. The van der Waals surface area contributed by atoms with Crippen LogP contribution in [-0.4, -0.2) is 53.4 Å². The monoisotopic (exact) mass is 644 g/mol. The summed E-state index contributed by atoms with van der Waals surface area (Å²) in [6.07, 6.45) is 14.4. The van der Waals surface area contributed by atoms with Crippen LogP contribution in [0.5, 0.6) is 0 Å². The van der Waals surface area contributed by atoms with Crippen LogP contribution in [0.25, 0.3) is 22.4 Å². The second kappa shape index (κ2) is 16.8. The Balaban J connectivity index is 1.26. The number of hydrogen-bond acceptors (Lipinski definition) is 9. The van der Waals surface area contributed by atoms with Gasteiger partial charge in [-0.05, 0) is 55.0 Å². The number of nitrogens with one attached hydrogen (secondary N) is 2. The molecule has 5 aromatic rings. The van der Waals surface area contributed by atoms with Crippen molar-refractivity contribution in [2.75, 3.05) is 16.8 Å². The molecule has 0 aliphatic carbocycles. The zero-order valence-electron chi connectivity index (χ0n) is 27.3. The summed E-state index contributed by atoms with van der Waals surface area (Å²) in [5.41, 5.74) is 4.97. The normalized spacial score (nSPS) is 11.5. The molecule has 0 fully saturated rings. The minimum absolute atomic E-state index is 0.0634. The first-order chi connectivity index (χ1) is 23.5. The van der Waals surface area contributed by atoms with Crippen molar-refractivity contribution >= 4 is 17.8 Å². The zero-order valence-corrected chi connectivity index (χ0v) is 27.3. The Labute approximate surface area is 280 Å². The van der Waals surface area contributed by atoms with Gasteiger partial charge in [-0.2, -0.15) is 10.4 Å². The molecule has 2 amide bonds. The lowest BCUT2D eigenvalue weighted by Crippen LogP contribution is -2.46. The summed E-state index contributed by atoms with van der Waals surface area (Å²) in [5.74, 6) is 1.01. The SMILES string of the molecule is CCCC(CCCCNc1ncc(C#N)c(-c2cncc(CO)c2)n1)N(C(=O)NCc1ccccc1)c1ccc(-c2cnn(C)c2)cn1. The van der Waals surface area contributed by atoms with Crippen molar-refractivity contribution in [1.82, 2.24) is 35.0 Å². The van der Waals surface area contributed by atoms with Gasteiger partial charge in [-0.25, -0.2) is 19.7 Å². The topological polar surface area (TPSA) is 158 Å². The molecular weight excluding hydrogens is 604 g/mol. The number of aliphatic hydroxyl groups is 1. The van der Waals surface area contributed by atoms with Gasteiger partial charge in [-0.3, -0.25) is 14.6 Å². The van der Waals surface area contributed by atoms with Crippen molar-refractivity contribution < 1.29 is 9.90 Å². The molecule has 0 saturated heterocycles. The Morgan fingerprint density at radius 1 is 0.979 bits per heavy atom. The minimum atomic E-state index is -0.185. The van der Waals surface area contributed by atoms with Gasteiger partial charge in [-0.1, -0.05) is 43.7 Å². The van der Waals surface area contributed by atoms with Gasteiger partial charge >= 0.3 is 6.03 Å². The number of carbonyl (C=O) groups is 1. The summed E-state index contributed by atoms with van der Waals surface area (Å²) < 4.78 is 1.75. The molecule has 246 valence electrons. The Kier molecular flexibility index (Phi) is 11.8. The maximum atomic E-state index is 13.8. The van der Waals surface area contributed by atoms with E-state index in [1.54, 1.807) is 40.4 Å². The summed E-state index contributed by atoms with van der Waals surface area (Å²) in [5, 5.41) is 29.8. The molecule has 12 heteroatoms. The number of unbranched alkanes of at least 4 members (excludes halogenated alkanes) is 1. The van der Waals surface area contributed by atoms with Crippen LogP contribution in [0, 0.1) is 11.3 Å². The number of nitrogens with zero attached hydrogens (tertiary/aromatic N) is 8. The molecule has 4 heterocycles. The van der Waals surface area contributed by atoms with Crippen molar-refractivity contribution in [3.8, 4) is 28.5 Å². The number of benzene rings is 1. The van der Waals surface area contributed by atoms with Crippen molar-refractivity contribution in [2.24, 2.45) is 7.05 Å². The van der Waals surface area contributed by atoms with Crippen molar-refractivity contribution in [2.45, 2.75) is 58.2 Å². The van der Waals surface area contributed by atoms with E-state index in [1.807, 2.05) is 55.7 Å². The maximum absolute atomic E-state index is 13.8. The minimum Gasteiger partial charge on any atom is -0.392 e. The zero-order chi connectivity index (χ0) is 33.7. The first kappa shape index (κ1) is 33.7. The molecule has 48 heavy (non-hydrogen) atoms. The molecule has 5 rings (SSSR count). The largest absolute Gasteiger partial charge is 0.392 e. The number of hydrogen-bond donors (Lipinski definition) is 3. The number of anilines is 2. The summed E-state index contributed by atoms with van der Waals surface area (Å²) in [7, 11) is 1.88. The van der Waals surface area contributed by atoms with Crippen LogP contribution in [0.4, 0.5) is 16.6 Å². The third-order valence-corrected chi connectivity index (χ3v) is 7.93. The fourth-order valence-electron chi connectivity index (χ4n) is 5.50. The molecule has 0 radical (unpaired) electrons. The highest BCUT2D eigenvalue weighted by molar-refractivity contribution is 5.91. The van der Waals surface area contributed by atoms with E-state index in [2.05, 4.69) is 43.7 Å². The van der Waals surface area contributed by atoms with Gasteiger partial charge in [0, 0.05) is 67.7 Å². The third-order valence-electron chi connectivity index (χ3n) is 7.93. The molecule has 3 N–H and O–H groups in total. The molecule has 0 aliphatic rings. The fraction of sp³-hybridized carbons (Fsp3) is 0.306. The van der Waals surface area contributed by atoms with E-state index in [-0.39, 0.29) is 18.7 Å². The predicted octanol–water partition coefficient (Wildman–Crippen LogP) is 5.87. The van der Waals surface area contributed by atoms with Gasteiger partial charge in [0.25, 0.3) is 0 Å². The molecule has 0 spiro atoms. The number of amides is 2. The standard InChI is InChI=1S/C36H40N10O2/c1-3-9-32(12-7-8-15-39-35-41-22-30(17-37)34(44-35)29-16-27(25-47)18-38-20-29)46(36(48)42-19-26-10-5-4-6-11-26)33-14-13-28(21-40-33)31-23-43-45(2)24-31/h4-6,10-11,13-14,16,18,20-24,32,47H,3,7-9,12,15,19,25H2,1-2H3,(H,42,48)(H,39,41,44). The number of aryl methyl sites for hydroxylation is 1. The van der Waals surface area contributed by atoms with E-state index < -0.39 is 0 Å². The Hall–Kier alpha value is -5.67.